The molecule has 0 spiro atoms. The number of benzene rings is 3. The number of anilines is 1. The van der Waals surface area contributed by atoms with Gasteiger partial charge in [0.15, 0.2) is 17.6 Å². The number of nitrogens with one attached hydrogen (secondary N) is 1. The molecule has 176 valence electrons. The molecule has 8 heteroatoms. The number of hydrogen-bond acceptors (Lipinski definition) is 7. The summed E-state index contributed by atoms with van der Waals surface area (Å²) in [6, 6.07) is 21.2. The molecule has 0 aromatic heterocycles. The maximum atomic E-state index is 12.7. The summed E-state index contributed by atoms with van der Waals surface area (Å²) >= 11 is 0. The molecule has 0 fully saturated rings. The van der Waals surface area contributed by atoms with E-state index < -0.39 is 18.0 Å². The summed E-state index contributed by atoms with van der Waals surface area (Å²) in [6.45, 7) is 2.97. The van der Waals surface area contributed by atoms with Crippen LogP contribution < -0.4 is 24.3 Å². The largest absolute Gasteiger partial charge is 0.490 e. The van der Waals surface area contributed by atoms with Crippen LogP contribution in [0, 0.1) is 0 Å². The van der Waals surface area contributed by atoms with Gasteiger partial charge in [-0.1, -0.05) is 30.3 Å². The predicted molar refractivity (Wildman–Crippen MR) is 125 cm³/mol. The number of ether oxygens (including phenoxy) is 5. The second-order valence-electron chi connectivity index (χ2n) is 7.40. The number of amides is 1. The van der Waals surface area contributed by atoms with Crippen molar-refractivity contribution in [2.24, 2.45) is 0 Å². The highest BCUT2D eigenvalue weighted by Crippen LogP contribution is 2.32. The zero-order valence-electron chi connectivity index (χ0n) is 18.7. The Balaban J connectivity index is 1.30. The van der Waals surface area contributed by atoms with Crippen molar-refractivity contribution in [2.45, 2.75) is 13.0 Å². The van der Waals surface area contributed by atoms with Gasteiger partial charge in [0.25, 0.3) is 5.91 Å². The van der Waals surface area contributed by atoms with E-state index in [9.17, 15) is 9.59 Å². The standard InChI is InChI=1S/C26H25NO7/c1-18(25(28)27-19-11-12-23-24(17-19)33-16-15-32-23)34-26(29)21-9-5-6-10-22(21)31-14-13-30-20-7-3-2-4-8-20/h2-12,17-18H,13-16H2,1H3,(H,27,28). The molecule has 1 aliphatic rings. The predicted octanol–water partition coefficient (Wildman–Crippen LogP) is 4.10. The molecule has 3 aromatic rings. The van der Waals surface area contributed by atoms with Crippen LogP contribution >= 0.6 is 0 Å². The molecule has 0 saturated heterocycles. The van der Waals surface area contributed by atoms with E-state index in [0.29, 0.717) is 42.8 Å². The molecular weight excluding hydrogens is 438 g/mol. The lowest BCUT2D eigenvalue weighted by atomic mass is 10.2. The number of rotatable bonds is 9. The highest BCUT2D eigenvalue weighted by molar-refractivity contribution is 5.98. The fourth-order valence-corrected chi connectivity index (χ4v) is 3.23. The van der Waals surface area contributed by atoms with Gasteiger partial charge in [0.1, 0.15) is 43.5 Å². The van der Waals surface area contributed by atoms with Crippen molar-refractivity contribution in [2.75, 3.05) is 31.7 Å². The molecule has 1 N–H and O–H groups in total. The Bertz CT molecular complexity index is 1130. The number of carbonyl (C=O) groups excluding carboxylic acids is 2. The van der Waals surface area contributed by atoms with Gasteiger partial charge in [-0.2, -0.15) is 0 Å². The van der Waals surface area contributed by atoms with Gasteiger partial charge in [0.2, 0.25) is 0 Å². The van der Waals surface area contributed by atoms with Crippen molar-refractivity contribution < 1.29 is 33.3 Å². The van der Waals surface area contributed by atoms with E-state index in [4.69, 9.17) is 23.7 Å². The van der Waals surface area contributed by atoms with E-state index in [1.165, 1.54) is 6.92 Å². The van der Waals surface area contributed by atoms with E-state index >= 15 is 0 Å². The Kier molecular flexibility index (Phi) is 7.49. The van der Waals surface area contributed by atoms with Gasteiger partial charge in [0.05, 0.1) is 0 Å². The Morgan fingerprint density at radius 3 is 2.41 bits per heavy atom. The molecule has 3 aromatic carbocycles. The van der Waals surface area contributed by atoms with Crippen molar-refractivity contribution in [3.8, 4) is 23.0 Å². The van der Waals surface area contributed by atoms with Crippen LogP contribution in [0.5, 0.6) is 23.0 Å². The first-order valence-electron chi connectivity index (χ1n) is 10.9. The summed E-state index contributed by atoms with van der Waals surface area (Å²) in [6.07, 6.45) is -1.03. The zero-order valence-corrected chi connectivity index (χ0v) is 18.7. The van der Waals surface area contributed by atoms with E-state index in [1.807, 2.05) is 30.3 Å². The van der Waals surface area contributed by atoms with Gasteiger partial charge in [-0.15, -0.1) is 0 Å². The van der Waals surface area contributed by atoms with E-state index in [1.54, 1.807) is 42.5 Å². The second kappa shape index (κ2) is 11.1. The monoisotopic (exact) mass is 463 g/mol. The molecule has 1 heterocycles. The molecule has 0 saturated carbocycles. The summed E-state index contributed by atoms with van der Waals surface area (Å²) in [5.74, 6) is 1.12. The van der Waals surface area contributed by atoms with Crippen LogP contribution in [0.3, 0.4) is 0 Å². The van der Waals surface area contributed by atoms with Crippen LogP contribution in [0.2, 0.25) is 0 Å². The minimum absolute atomic E-state index is 0.223. The van der Waals surface area contributed by atoms with Crippen molar-refractivity contribution in [3.05, 3.63) is 78.4 Å². The molecule has 1 atom stereocenters. The van der Waals surface area contributed by atoms with Crippen LogP contribution in [-0.4, -0.2) is 44.4 Å². The minimum Gasteiger partial charge on any atom is -0.490 e. The van der Waals surface area contributed by atoms with E-state index in [-0.39, 0.29) is 12.2 Å². The lowest BCUT2D eigenvalue weighted by Gasteiger charge is -2.19. The van der Waals surface area contributed by atoms with Gasteiger partial charge < -0.3 is 29.0 Å². The summed E-state index contributed by atoms with van der Waals surface area (Å²) in [5, 5.41) is 2.72. The average Bonchev–Trinajstić information content (AvgIpc) is 2.87. The summed E-state index contributed by atoms with van der Waals surface area (Å²) in [5.41, 5.74) is 0.737. The Morgan fingerprint density at radius 2 is 1.59 bits per heavy atom. The van der Waals surface area contributed by atoms with Crippen molar-refractivity contribution in [3.63, 3.8) is 0 Å². The van der Waals surface area contributed by atoms with Gasteiger partial charge in [0, 0.05) is 11.8 Å². The fraction of sp³-hybridized carbons (Fsp3) is 0.231. The SMILES string of the molecule is CC(OC(=O)c1ccccc1OCCOc1ccccc1)C(=O)Nc1ccc2c(c1)OCCO2. The summed E-state index contributed by atoms with van der Waals surface area (Å²) in [4.78, 5) is 25.3. The summed E-state index contributed by atoms with van der Waals surface area (Å²) < 4.78 is 27.7. The van der Waals surface area contributed by atoms with E-state index in [0.717, 1.165) is 5.75 Å². The van der Waals surface area contributed by atoms with Crippen molar-refractivity contribution in [1.82, 2.24) is 0 Å². The molecule has 34 heavy (non-hydrogen) atoms. The van der Waals surface area contributed by atoms with Gasteiger partial charge in [-0.3, -0.25) is 4.79 Å². The van der Waals surface area contributed by atoms with Crippen LogP contribution in [0.25, 0.3) is 0 Å². The lowest BCUT2D eigenvalue weighted by molar-refractivity contribution is -0.123. The molecule has 4 rings (SSSR count). The number of para-hydroxylation sites is 2. The maximum Gasteiger partial charge on any atom is 0.342 e. The first-order valence-corrected chi connectivity index (χ1v) is 10.9. The molecule has 1 aliphatic heterocycles. The van der Waals surface area contributed by atoms with Crippen LogP contribution in [-0.2, 0) is 9.53 Å². The number of esters is 1. The molecule has 1 amide bonds. The highest BCUT2D eigenvalue weighted by atomic mass is 16.6. The minimum atomic E-state index is -1.03. The third-order valence-electron chi connectivity index (χ3n) is 4.92. The lowest BCUT2D eigenvalue weighted by Crippen LogP contribution is -2.30. The van der Waals surface area contributed by atoms with Crippen LogP contribution in [0.4, 0.5) is 5.69 Å². The second-order valence-corrected chi connectivity index (χ2v) is 7.40. The summed E-state index contributed by atoms with van der Waals surface area (Å²) in [7, 11) is 0. The Labute approximate surface area is 197 Å². The maximum absolute atomic E-state index is 12.7. The first kappa shape index (κ1) is 23.0. The third kappa shape index (κ3) is 5.98. The molecule has 0 bridgehead atoms. The quantitative estimate of drug-likeness (QED) is 0.377. The van der Waals surface area contributed by atoms with Gasteiger partial charge in [-0.05, 0) is 43.3 Å². The fourth-order valence-electron chi connectivity index (χ4n) is 3.23. The Morgan fingerprint density at radius 1 is 0.882 bits per heavy atom. The Hall–Kier alpha value is -4.20. The molecule has 1 unspecified atom stereocenters. The molecule has 0 aliphatic carbocycles. The third-order valence-corrected chi connectivity index (χ3v) is 4.92. The molecule has 0 radical (unpaired) electrons. The van der Waals surface area contributed by atoms with Gasteiger partial charge in [-0.25, -0.2) is 4.79 Å². The number of carbonyl (C=O) groups is 2. The normalized spacial score (nSPS) is 12.9. The smallest absolute Gasteiger partial charge is 0.342 e. The van der Waals surface area contributed by atoms with E-state index in [2.05, 4.69) is 5.32 Å². The van der Waals surface area contributed by atoms with Crippen LogP contribution in [0.15, 0.2) is 72.8 Å². The highest BCUT2D eigenvalue weighted by Gasteiger charge is 2.22. The number of fused-ring (bicyclic) bond motifs is 1. The molecular formula is C26H25NO7. The topological polar surface area (TPSA) is 92.3 Å². The van der Waals surface area contributed by atoms with Crippen molar-refractivity contribution in [1.29, 1.82) is 0 Å². The first-order chi connectivity index (χ1) is 16.6. The number of hydrogen-bond donors (Lipinski definition) is 1. The van der Waals surface area contributed by atoms with Crippen LogP contribution in [0.1, 0.15) is 17.3 Å². The zero-order chi connectivity index (χ0) is 23.8. The van der Waals surface area contributed by atoms with Crippen molar-refractivity contribution >= 4 is 17.6 Å². The average molecular weight is 463 g/mol. The molecule has 8 nitrogen and oxygen atoms in total. The van der Waals surface area contributed by atoms with Gasteiger partial charge >= 0.3 is 5.97 Å².